The maximum absolute atomic E-state index is 12.6. The molecule has 2 atom stereocenters. The summed E-state index contributed by atoms with van der Waals surface area (Å²) in [7, 11) is 0. The van der Waals surface area contributed by atoms with Gasteiger partial charge in [0.15, 0.2) is 0 Å². The van der Waals surface area contributed by atoms with Crippen LogP contribution in [0, 0.1) is 0 Å². The first kappa shape index (κ1) is 19.6. The van der Waals surface area contributed by atoms with Gasteiger partial charge in [-0.25, -0.2) is 0 Å². The largest absolute Gasteiger partial charge is 0.381 e. The Hall–Kier alpha value is -2.17. The van der Waals surface area contributed by atoms with E-state index in [1.54, 1.807) is 0 Å². The lowest BCUT2D eigenvalue weighted by Gasteiger charge is -2.37. The molecule has 1 heterocycles. The standard InChI is InChI=1S/C23H29NO3/c1-19-17-24(18-22(27-19)21-11-6-3-7-12-21)23(25)13-8-15-26-16-14-20-9-4-2-5-10-20/h2-7,9-12,19,22H,8,13-18H2,1H3. The molecule has 4 heteroatoms. The van der Waals surface area contributed by atoms with E-state index in [0.717, 1.165) is 18.4 Å². The molecule has 1 aliphatic rings. The van der Waals surface area contributed by atoms with Crippen LogP contribution in [0.3, 0.4) is 0 Å². The van der Waals surface area contributed by atoms with E-state index in [-0.39, 0.29) is 18.1 Å². The van der Waals surface area contributed by atoms with Crippen LogP contribution in [-0.2, 0) is 20.7 Å². The summed E-state index contributed by atoms with van der Waals surface area (Å²) < 4.78 is 11.7. The second-order valence-corrected chi connectivity index (χ2v) is 7.10. The van der Waals surface area contributed by atoms with Crippen molar-refractivity contribution in [3.05, 3.63) is 71.8 Å². The van der Waals surface area contributed by atoms with Gasteiger partial charge in [0.2, 0.25) is 5.91 Å². The highest BCUT2D eigenvalue weighted by atomic mass is 16.5. The molecule has 27 heavy (non-hydrogen) atoms. The fourth-order valence-corrected chi connectivity index (χ4v) is 3.43. The van der Waals surface area contributed by atoms with Crippen LogP contribution in [-0.4, -0.2) is 43.2 Å². The molecule has 0 aliphatic carbocycles. The number of hydrogen-bond donors (Lipinski definition) is 0. The van der Waals surface area contributed by atoms with Crippen molar-refractivity contribution in [3.63, 3.8) is 0 Å². The lowest BCUT2D eigenvalue weighted by Crippen LogP contribution is -2.45. The van der Waals surface area contributed by atoms with Gasteiger partial charge < -0.3 is 14.4 Å². The first-order chi connectivity index (χ1) is 13.2. The van der Waals surface area contributed by atoms with E-state index in [2.05, 4.69) is 24.3 Å². The van der Waals surface area contributed by atoms with E-state index in [1.807, 2.05) is 48.2 Å². The van der Waals surface area contributed by atoms with Crippen molar-refractivity contribution in [2.24, 2.45) is 0 Å². The molecule has 144 valence electrons. The van der Waals surface area contributed by atoms with Gasteiger partial charge >= 0.3 is 0 Å². The molecular formula is C23H29NO3. The number of benzene rings is 2. The van der Waals surface area contributed by atoms with Crippen LogP contribution >= 0.6 is 0 Å². The summed E-state index contributed by atoms with van der Waals surface area (Å²) in [5, 5.41) is 0. The quantitative estimate of drug-likeness (QED) is 0.662. The van der Waals surface area contributed by atoms with Gasteiger partial charge in [0, 0.05) is 19.6 Å². The number of rotatable bonds is 8. The molecule has 0 bridgehead atoms. The zero-order valence-electron chi connectivity index (χ0n) is 16.0. The van der Waals surface area contributed by atoms with E-state index in [0.29, 0.717) is 32.7 Å². The molecule has 1 aliphatic heterocycles. The van der Waals surface area contributed by atoms with Gasteiger partial charge in [-0.15, -0.1) is 0 Å². The third-order valence-electron chi connectivity index (χ3n) is 4.84. The average molecular weight is 367 g/mol. The van der Waals surface area contributed by atoms with Crippen molar-refractivity contribution in [2.45, 2.75) is 38.4 Å². The van der Waals surface area contributed by atoms with Crippen LogP contribution in [0.5, 0.6) is 0 Å². The van der Waals surface area contributed by atoms with Crippen molar-refractivity contribution in [3.8, 4) is 0 Å². The number of carbonyl (C=O) groups excluding carboxylic acids is 1. The number of ether oxygens (including phenoxy) is 2. The summed E-state index contributed by atoms with van der Waals surface area (Å²) >= 11 is 0. The highest BCUT2D eigenvalue weighted by Gasteiger charge is 2.28. The second-order valence-electron chi connectivity index (χ2n) is 7.10. The van der Waals surface area contributed by atoms with Crippen molar-refractivity contribution in [2.75, 3.05) is 26.3 Å². The molecule has 0 spiro atoms. The van der Waals surface area contributed by atoms with E-state index >= 15 is 0 Å². The fourth-order valence-electron chi connectivity index (χ4n) is 3.43. The predicted octanol–water partition coefficient (Wildman–Crippen LogP) is 4.01. The second kappa shape index (κ2) is 10.2. The van der Waals surface area contributed by atoms with Crippen LogP contribution in [0.15, 0.2) is 60.7 Å². The Kier molecular flexibility index (Phi) is 7.43. The molecule has 2 unspecified atom stereocenters. The summed E-state index contributed by atoms with van der Waals surface area (Å²) in [6, 6.07) is 20.5. The van der Waals surface area contributed by atoms with Gasteiger partial charge in [-0.2, -0.15) is 0 Å². The summed E-state index contributed by atoms with van der Waals surface area (Å²) in [5.74, 6) is 0.192. The number of amides is 1. The maximum Gasteiger partial charge on any atom is 0.222 e. The number of hydrogen-bond acceptors (Lipinski definition) is 3. The van der Waals surface area contributed by atoms with Crippen LogP contribution in [0.25, 0.3) is 0 Å². The molecule has 1 amide bonds. The Morgan fingerprint density at radius 1 is 1.04 bits per heavy atom. The third kappa shape index (κ3) is 6.19. The Morgan fingerprint density at radius 2 is 1.74 bits per heavy atom. The zero-order chi connectivity index (χ0) is 18.9. The van der Waals surface area contributed by atoms with Gasteiger partial charge in [-0.1, -0.05) is 60.7 Å². The van der Waals surface area contributed by atoms with Gasteiger partial charge in [0.1, 0.15) is 6.10 Å². The minimum atomic E-state index is -0.0407. The number of nitrogens with zero attached hydrogens (tertiary/aromatic N) is 1. The van der Waals surface area contributed by atoms with Crippen LogP contribution in [0.4, 0.5) is 0 Å². The number of morpholine rings is 1. The molecule has 3 rings (SSSR count). The average Bonchev–Trinajstić information content (AvgIpc) is 2.71. The first-order valence-corrected chi connectivity index (χ1v) is 9.82. The van der Waals surface area contributed by atoms with Gasteiger partial charge in [-0.05, 0) is 30.9 Å². The highest BCUT2D eigenvalue weighted by Crippen LogP contribution is 2.25. The summed E-state index contributed by atoms with van der Waals surface area (Å²) in [6.07, 6.45) is 2.21. The van der Waals surface area contributed by atoms with Crippen LogP contribution in [0.2, 0.25) is 0 Å². The van der Waals surface area contributed by atoms with E-state index in [4.69, 9.17) is 9.47 Å². The fraction of sp³-hybridized carbons (Fsp3) is 0.435. The molecule has 0 radical (unpaired) electrons. The molecule has 4 nitrogen and oxygen atoms in total. The molecule has 2 aromatic rings. The van der Waals surface area contributed by atoms with Crippen LogP contribution < -0.4 is 0 Å². The first-order valence-electron chi connectivity index (χ1n) is 9.82. The van der Waals surface area contributed by atoms with E-state index in [1.165, 1.54) is 5.56 Å². The van der Waals surface area contributed by atoms with E-state index < -0.39 is 0 Å². The summed E-state index contributed by atoms with van der Waals surface area (Å²) in [4.78, 5) is 14.5. The lowest BCUT2D eigenvalue weighted by atomic mass is 10.1. The predicted molar refractivity (Wildman–Crippen MR) is 107 cm³/mol. The normalized spacial score (nSPS) is 19.8. The van der Waals surface area contributed by atoms with Crippen molar-refractivity contribution in [1.82, 2.24) is 4.90 Å². The van der Waals surface area contributed by atoms with Gasteiger partial charge in [0.05, 0.1) is 19.3 Å². The Morgan fingerprint density at radius 3 is 2.48 bits per heavy atom. The molecule has 1 fully saturated rings. The topological polar surface area (TPSA) is 38.8 Å². The summed E-state index contributed by atoms with van der Waals surface area (Å²) in [5.41, 5.74) is 2.41. The Labute approximate surface area is 162 Å². The van der Waals surface area contributed by atoms with E-state index in [9.17, 15) is 4.79 Å². The Bertz CT molecular complexity index is 689. The lowest BCUT2D eigenvalue weighted by molar-refractivity contribution is -0.145. The highest BCUT2D eigenvalue weighted by molar-refractivity contribution is 5.76. The molecule has 1 saturated heterocycles. The van der Waals surface area contributed by atoms with Crippen molar-refractivity contribution < 1.29 is 14.3 Å². The molecule has 0 saturated carbocycles. The number of carbonyl (C=O) groups is 1. The van der Waals surface area contributed by atoms with Gasteiger partial charge in [-0.3, -0.25) is 4.79 Å². The van der Waals surface area contributed by atoms with Crippen molar-refractivity contribution >= 4 is 5.91 Å². The van der Waals surface area contributed by atoms with Gasteiger partial charge in [0.25, 0.3) is 0 Å². The van der Waals surface area contributed by atoms with Crippen molar-refractivity contribution in [1.29, 1.82) is 0 Å². The molecule has 0 aromatic heterocycles. The molecular weight excluding hydrogens is 338 g/mol. The monoisotopic (exact) mass is 367 g/mol. The minimum Gasteiger partial charge on any atom is -0.381 e. The third-order valence-corrected chi connectivity index (χ3v) is 4.84. The smallest absolute Gasteiger partial charge is 0.222 e. The SMILES string of the molecule is CC1CN(C(=O)CCCOCCc2ccccc2)CC(c2ccccc2)O1. The Balaban J connectivity index is 1.37. The zero-order valence-corrected chi connectivity index (χ0v) is 16.0. The molecule has 2 aromatic carbocycles. The minimum absolute atomic E-state index is 0.0407. The van der Waals surface area contributed by atoms with Crippen LogP contribution in [0.1, 0.15) is 37.0 Å². The summed E-state index contributed by atoms with van der Waals surface area (Å²) in [6.45, 7) is 4.64. The maximum atomic E-state index is 12.6. The molecule has 0 N–H and O–H groups in total.